The molecule has 0 aliphatic heterocycles. The normalized spacial score (nSPS) is 10.0. The summed E-state index contributed by atoms with van der Waals surface area (Å²) >= 11 is 0. The molecule has 5 nitrogen and oxygen atoms in total. The van der Waals surface area contributed by atoms with Gasteiger partial charge in [0.2, 0.25) is 0 Å². The van der Waals surface area contributed by atoms with Crippen molar-refractivity contribution in [2.45, 2.75) is 6.54 Å². The summed E-state index contributed by atoms with van der Waals surface area (Å²) in [6.45, 7) is 0.358. The Morgan fingerprint density at radius 3 is 3.14 bits per heavy atom. The molecule has 5 heteroatoms. The standard InChI is InChI=1S/C9H8N2O3/c12-9(7-4-11-14-6-7)10-5-8-2-1-3-13-8/h1-4,6H,5H2,(H,10,12). The Hall–Kier alpha value is -2.04. The maximum atomic E-state index is 11.3. The number of carbonyl (C=O) groups is 1. The van der Waals surface area contributed by atoms with E-state index in [4.69, 9.17) is 4.42 Å². The van der Waals surface area contributed by atoms with Crippen molar-refractivity contribution in [1.29, 1.82) is 0 Å². The van der Waals surface area contributed by atoms with E-state index in [9.17, 15) is 4.79 Å². The Bertz CT molecular complexity index is 392. The minimum absolute atomic E-state index is 0.234. The number of amides is 1. The van der Waals surface area contributed by atoms with Crippen LogP contribution in [0.1, 0.15) is 16.1 Å². The third-order valence-electron chi connectivity index (χ3n) is 1.70. The maximum absolute atomic E-state index is 11.3. The van der Waals surface area contributed by atoms with Gasteiger partial charge in [0.25, 0.3) is 5.91 Å². The fourth-order valence-corrected chi connectivity index (χ4v) is 1.000. The quantitative estimate of drug-likeness (QED) is 0.793. The van der Waals surface area contributed by atoms with Crippen LogP contribution in [0, 0.1) is 0 Å². The molecule has 72 valence electrons. The third-order valence-corrected chi connectivity index (χ3v) is 1.70. The van der Waals surface area contributed by atoms with Crippen molar-refractivity contribution in [2.24, 2.45) is 0 Å². The molecule has 1 N–H and O–H groups in total. The van der Waals surface area contributed by atoms with Gasteiger partial charge < -0.3 is 14.3 Å². The molecule has 0 saturated heterocycles. The molecule has 0 aliphatic carbocycles. The molecule has 1 amide bonds. The lowest BCUT2D eigenvalue weighted by Crippen LogP contribution is -2.21. The zero-order chi connectivity index (χ0) is 9.80. The molecule has 0 bridgehead atoms. The van der Waals surface area contributed by atoms with Crippen LogP contribution in [0.4, 0.5) is 0 Å². The van der Waals surface area contributed by atoms with Crippen LogP contribution in [0.2, 0.25) is 0 Å². The summed E-state index contributed by atoms with van der Waals surface area (Å²) in [6, 6.07) is 3.55. The van der Waals surface area contributed by atoms with Crippen LogP contribution in [0.25, 0.3) is 0 Å². The zero-order valence-corrected chi connectivity index (χ0v) is 7.27. The van der Waals surface area contributed by atoms with Gasteiger partial charge in [0.05, 0.1) is 24.6 Å². The second kappa shape index (κ2) is 3.78. The highest BCUT2D eigenvalue weighted by Gasteiger charge is 2.07. The fourth-order valence-electron chi connectivity index (χ4n) is 1.000. The Morgan fingerprint density at radius 1 is 1.57 bits per heavy atom. The van der Waals surface area contributed by atoms with Gasteiger partial charge >= 0.3 is 0 Å². The first-order valence-electron chi connectivity index (χ1n) is 4.06. The van der Waals surface area contributed by atoms with Gasteiger partial charge in [-0.05, 0) is 12.1 Å². The summed E-state index contributed by atoms with van der Waals surface area (Å²) in [7, 11) is 0. The smallest absolute Gasteiger partial charge is 0.256 e. The highest BCUT2D eigenvalue weighted by Crippen LogP contribution is 2.00. The number of carbonyl (C=O) groups excluding carboxylic acids is 1. The van der Waals surface area contributed by atoms with E-state index in [-0.39, 0.29) is 5.91 Å². The molecule has 0 atom stereocenters. The van der Waals surface area contributed by atoms with Crippen LogP contribution in [0.3, 0.4) is 0 Å². The van der Waals surface area contributed by atoms with Crippen LogP contribution >= 0.6 is 0 Å². The van der Waals surface area contributed by atoms with E-state index in [1.54, 1.807) is 18.4 Å². The Labute approximate surface area is 79.7 Å². The van der Waals surface area contributed by atoms with Crippen molar-refractivity contribution < 1.29 is 13.7 Å². The van der Waals surface area contributed by atoms with Gasteiger partial charge in [0.15, 0.2) is 0 Å². The van der Waals surface area contributed by atoms with Gasteiger partial charge in [-0.3, -0.25) is 4.79 Å². The van der Waals surface area contributed by atoms with E-state index >= 15 is 0 Å². The third kappa shape index (κ3) is 1.82. The minimum Gasteiger partial charge on any atom is -0.467 e. The molecule has 2 aromatic heterocycles. The fraction of sp³-hybridized carbons (Fsp3) is 0.111. The van der Waals surface area contributed by atoms with Crippen LogP contribution in [0.15, 0.2) is 39.8 Å². The van der Waals surface area contributed by atoms with E-state index < -0.39 is 0 Å². The van der Waals surface area contributed by atoms with Gasteiger partial charge in [0.1, 0.15) is 12.0 Å². The number of hydrogen-bond acceptors (Lipinski definition) is 4. The van der Waals surface area contributed by atoms with Gasteiger partial charge in [-0.15, -0.1) is 0 Å². The Balaban J connectivity index is 1.90. The molecule has 0 unspecified atom stereocenters. The lowest BCUT2D eigenvalue weighted by atomic mass is 10.3. The summed E-state index contributed by atoms with van der Waals surface area (Å²) in [4.78, 5) is 11.3. The van der Waals surface area contributed by atoms with E-state index in [1.807, 2.05) is 0 Å². The number of aromatic nitrogens is 1. The molecule has 0 fully saturated rings. The molecule has 2 aromatic rings. The van der Waals surface area contributed by atoms with Crippen LogP contribution in [-0.2, 0) is 6.54 Å². The van der Waals surface area contributed by atoms with E-state index in [0.717, 1.165) is 0 Å². The number of rotatable bonds is 3. The molecule has 14 heavy (non-hydrogen) atoms. The van der Waals surface area contributed by atoms with Crippen molar-refractivity contribution in [3.05, 3.63) is 42.2 Å². The van der Waals surface area contributed by atoms with Crippen molar-refractivity contribution in [2.75, 3.05) is 0 Å². The van der Waals surface area contributed by atoms with Gasteiger partial charge in [-0.1, -0.05) is 5.16 Å². The van der Waals surface area contributed by atoms with Crippen molar-refractivity contribution in [1.82, 2.24) is 10.5 Å². The predicted octanol–water partition coefficient (Wildman–Crippen LogP) is 1.20. The van der Waals surface area contributed by atoms with Gasteiger partial charge in [0, 0.05) is 0 Å². The molecular formula is C9H8N2O3. The summed E-state index contributed by atoms with van der Waals surface area (Å²) in [5, 5.41) is 6.08. The lowest BCUT2D eigenvalue weighted by molar-refractivity contribution is 0.0947. The Kier molecular flexibility index (Phi) is 2.31. The molecule has 0 spiro atoms. The van der Waals surface area contributed by atoms with Gasteiger partial charge in [-0.25, -0.2) is 0 Å². The number of nitrogens with zero attached hydrogens (tertiary/aromatic N) is 1. The number of hydrogen-bond donors (Lipinski definition) is 1. The largest absolute Gasteiger partial charge is 0.467 e. The molecule has 0 saturated carbocycles. The topological polar surface area (TPSA) is 68.3 Å². The van der Waals surface area contributed by atoms with Crippen LogP contribution in [0.5, 0.6) is 0 Å². The summed E-state index contributed by atoms with van der Waals surface area (Å²) < 4.78 is 9.59. The van der Waals surface area contributed by atoms with Gasteiger partial charge in [-0.2, -0.15) is 0 Å². The summed E-state index contributed by atoms with van der Waals surface area (Å²) in [5.74, 6) is 0.470. The Morgan fingerprint density at radius 2 is 2.50 bits per heavy atom. The zero-order valence-electron chi connectivity index (χ0n) is 7.27. The molecule has 2 rings (SSSR count). The molecular weight excluding hydrogens is 184 g/mol. The summed E-state index contributed by atoms with van der Waals surface area (Å²) in [6.07, 6.45) is 4.20. The summed E-state index contributed by atoms with van der Waals surface area (Å²) in [5.41, 5.74) is 0.400. The monoisotopic (exact) mass is 192 g/mol. The van der Waals surface area contributed by atoms with E-state index in [2.05, 4.69) is 15.0 Å². The second-order valence-corrected chi connectivity index (χ2v) is 2.68. The molecule has 0 radical (unpaired) electrons. The molecule has 0 aliphatic rings. The lowest BCUT2D eigenvalue weighted by Gasteiger charge is -1.98. The molecule has 0 aromatic carbocycles. The first kappa shape index (κ1) is 8.55. The maximum Gasteiger partial charge on any atom is 0.256 e. The predicted molar refractivity (Wildman–Crippen MR) is 46.4 cm³/mol. The van der Waals surface area contributed by atoms with Crippen LogP contribution in [-0.4, -0.2) is 11.1 Å². The van der Waals surface area contributed by atoms with Crippen molar-refractivity contribution in [3.63, 3.8) is 0 Å². The average molecular weight is 192 g/mol. The SMILES string of the molecule is O=C(NCc1ccco1)c1cnoc1. The van der Waals surface area contributed by atoms with E-state index in [0.29, 0.717) is 17.9 Å². The van der Waals surface area contributed by atoms with Crippen molar-refractivity contribution in [3.8, 4) is 0 Å². The minimum atomic E-state index is -0.234. The number of furan rings is 1. The number of nitrogens with one attached hydrogen (secondary N) is 1. The highest BCUT2D eigenvalue weighted by atomic mass is 16.5. The first-order chi connectivity index (χ1) is 6.86. The van der Waals surface area contributed by atoms with E-state index in [1.165, 1.54) is 12.5 Å². The highest BCUT2D eigenvalue weighted by molar-refractivity contribution is 5.93. The second-order valence-electron chi connectivity index (χ2n) is 2.68. The molecule has 2 heterocycles. The van der Waals surface area contributed by atoms with Crippen molar-refractivity contribution >= 4 is 5.91 Å². The first-order valence-corrected chi connectivity index (χ1v) is 4.06. The average Bonchev–Trinajstić information content (AvgIpc) is 2.87. The van der Waals surface area contributed by atoms with Crippen LogP contribution < -0.4 is 5.32 Å².